The smallest absolute Gasteiger partial charge is 0.181 e. The molecular weight excluding hydrogens is 320 g/mol. The van der Waals surface area contributed by atoms with Crippen molar-refractivity contribution in [2.45, 2.75) is 11.8 Å². The third-order valence-corrected chi connectivity index (χ3v) is 4.90. The van der Waals surface area contributed by atoms with Gasteiger partial charge in [-0.05, 0) is 43.3 Å². The fourth-order valence-corrected chi connectivity index (χ4v) is 3.04. The van der Waals surface area contributed by atoms with Gasteiger partial charge in [-0.25, -0.2) is 8.42 Å². The summed E-state index contributed by atoms with van der Waals surface area (Å²) in [5, 5.41) is 0.515. The molecule has 0 saturated carbocycles. The lowest BCUT2D eigenvalue weighted by Gasteiger charge is -2.03. The van der Waals surface area contributed by atoms with Crippen LogP contribution in [-0.2, 0) is 9.84 Å². The van der Waals surface area contributed by atoms with Crippen LogP contribution in [0, 0.1) is 6.92 Å². The number of ether oxygens (including phenoxy) is 1. The molecule has 116 valence electrons. The number of sulfone groups is 1. The van der Waals surface area contributed by atoms with Crippen molar-refractivity contribution < 1.29 is 13.2 Å². The molecule has 0 aliphatic carbocycles. The maximum Gasteiger partial charge on any atom is 0.181 e. The Morgan fingerprint density at radius 3 is 2.27 bits per heavy atom. The molecule has 0 radical (unpaired) electrons. The first-order valence-electron chi connectivity index (χ1n) is 6.80. The van der Waals surface area contributed by atoms with Gasteiger partial charge < -0.3 is 4.74 Å². The van der Waals surface area contributed by atoms with Gasteiger partial charge in [0, 0.05) is 5.02 Å². The Balaban J connectivity index is 1.86. The predicted molar refractivity (Wildman–Crippen MR) is 89.3 cm³/mol. The van der Waals surface area contributed by atoms with Crippen molar-refractivity contribution in [3.8, 4) is 5.75 Å². The number of halogens is 1. The molecule has 0 amide bonds. The van der Waals surface area contributed by atoms with Gasteiger partial charge in [0.15, 0.2) is 9.84 Å². The third-order valence-electron chi connectivity index (χ3n) is 3.02. The standard InChI is InChI=1S/C17H17ClO3S/c1-14-4-8-16(9-5-14)21-12-2-3-13-22(19,20)17-10-6-15(18)7-11-17/h2-11H,12-13H2,1H3/b3-2+. The average molecular weight is 337 g/mol. The maximum atomic E-state index is 12.1. The highest BCUT2D eigenvalue weighted by Crippen LogP contribution is 2.15. The normalized spacial score (nSPS) is 11.7. The van der Waals surface area contributed by atoms with Gasteiger partial charge in [-0.2, -0.15) is 0 Å². The zero-order valence-electron chi connectivity index (χ0n) is 12.2. The zero-order chi connectivity index (χ0) is 16.0. The van der Waals surface area contributed by atoms with Crippen LogP contribution >= 0.6 is 11.6 Å². The van der Waals surface area contributed by atoms with Gasteiger partial charge in [0.1, 0.15) is 12.4 Å². The molecule has 2 aromatic rings. The van der Waals surface area contributed by atoms with Crippen LogP contribution in [0.25, 0.3) is 0 Å². The highest BCUT2D eigenvalue weighted by atomic mass is 35.5. The highest BCUT2D eigenvalue weighted by molar-refractivity contribution is 7.91. The first-order chi connectivity index (χ1) is 10.5. The molecule has 3 nitrogen and oxygen atoms in total. The van der Waals surface area contributed by atoms with E-state index in [0.29, 0.717) is 11.6 Å². The number of aryl methyl sites for hydroxylation is 1. The average Bonchev–Trinajstić information content (AvgIpc) is 2.49. The number of hydrogen-bond acceptors (Lipinski definition) is 3. The molecule has 0 aliphatic rings. The van der Waals surface area contributed by atoms with E-state index in [2.05, 4.69) is 0 Å². The van der Waals surface area contributed by atoms with Crippen molar-refractivity contribution in [1.29, 1.82) is 0 Å². The first kappa shape index (κ1) is 16.6. The Labute approximate surface area is 136 Å². The molecule has 0 heterocycles. The summed E-state index contributed by atoms with van der Waals surface area (Å²) in [5.74, 6) is 0.696. The van der Waals surface area contributed by atoms with Crippen LogP contribution in [0.4, 0.5) is 0 Å². The largest absolute Gasteiger partial charge is 0.490 e. The Bertz CT molecular complexity index is 732. The number of rotatable bonds is 6. The second kappa shape index (κ2) is 7.47. The van der Waals surface area contributed by atoms with E-state index in [1.54, 1.807) is 24.3 Å². The summed E-state index contributed by atoms with van der Waals surface area (Å²) in [6.07, 6.45) is 3.30. The van der Waals surface area contributed by atoms with Crippen molar-refractivity contribution in [3.05, 3.63) is 71.3 Å². The molecule has 22 heavy (non-hydrogen) atoms. The number of benzene rings is 2. The lowest BCUT2D eigenvalue weighted by Crippen LogP contribution is -2.05. The van der Waals surface area contributed by atoms with Gasteiger partial charge >= 0.3 is 0 Å². The predicted octanol–water partition coefficient (Wildman–Crippen LogP) is 4.06. The molecule has 0 fully saturated rings. The fraction of sp³-hybridized carbons (Fsp3) is 0.176. The van der Waals surface area contributed by atoms with E-state index < -0.39 is 9.84 Å². The highest BCUT2D eigenvalue weighted by Gasteiger charge is 2.11. The summed E-state index contributed by atoms with van der Waals surface area (Å²) in [7, 11) is -3.33. The summed E-state index contributed by atoms with van der Waals surface area (Å²) < 4.78 is 29.7. The molecule has 0 unspecified atom stereocenters. The molecule has 0 saturated heterocycles. The molecular formula is C17H17ClO3S. The summed E-state index contributed by atoms with van der Waals surface area (Å²) in [4.78, 5) is 0.265. The van der Waals surface area contributed by atoms with Crippen LogP contribution in [0.2, 0.25) is 5.02 Å². The Morgan fingerprint density at radius 1 is 1.00 bits per heavy atom. The van der Waals surface area contributed by atoms with Crippen molar-refractivity contribution in [1.82, 2.24) is 0 Å². The van der Waals surface area contributed by atoms with Crippen molar-refractivity contribution in [2.75, 3.05) is 12.4 Å². The van der Waals surface area contributed by atoms with Gasteiger partial charge in [-0.15, -0.1) is 0 Å². The van der Waals surface area contributed by atoms with Gasteiger partial charge in [-0.3, -0.25) is 0 Å². The van der Waals surface area contributed by atoms with Gasteiger partial charge in [0.05, 0.1) is 10.6 Å². The van der Waals surface area contributed by atoms with E-state index in [1.807, 2.05) is 31.2 Å². The van der Waals surface area contributed by atoms with Crippen LogP contribution < -0.4 is 4.74 Å². The van der Waals surface area contributed by atoms with E-state index in [1.165, 1.54) is 12.1 Å². The molecule has 0 bridgehead atoms. The molecule has 2 aromatic carbocycles. The molecule has 0 aliphatic heterocycles. The molecule has 0 atom stereocenters. The minimum Gasteiger partial charge on any atom is -0.490 e. The SMILES string of the molecule is Cc1ccc(OC/C=C/CS(=O)(=O)c2ccc(Cl)cc2)cc1. The molecule has 5 heteroatoms. The monoisotopic (exact) mass is 336 g/mol. The van der Waals surface area contributed by atoms with E-state index in [9.17, 15) is 8.42 Å². The van der Waals surface area contributed by atoms with Crippen LogP contribution in [0.3, 0.4) is 0 Å². The minimum atomic E-state index is -3.33. The van der Waals surface area contributed by atoms with E-state index in [-0.39, 0.29) is 10.6 Å². The van der Waals surface area contributed by atoms with E-state index in [4.69, 9.17) is 16.3 Å². The molecule has 2 rings (SSSR count). The second-order valence-electron chi connectivity index (χ2n) is 4.83. The van der Waals surface area contributed by atoms with Crippen molar-refractivity contribution >= 4 is 21.4 Å². The lowest BCUT2D eigenvalue weighted by atomic mass is 10.2. The van der Waals surface area contributed by atoms with E-state index >= 15 is 0 Å². The summed E-state index contributed by atoms with van der Waals surface area (Å²) in [6, 6.07) is 13.8. The third kappa shape index (κ3) is 4.90. The van der Waals surface area contributed by atoms with Crippen LogP contribution in [0.15, 0.2) is 65.6 Å². The van der Waals surface area contributed by atoms with Gasteiger partial charge in [0.25, 0.3) is 0 Å². The van der Waals surface area contributed by atoms with Gasteiger partial charge in [0.2, 0.25) is 0 Å². The minimum absolute atomic E-state index is 0.0636. The Morgan fingerprint density at radius 2 is 1.64 bits per heavy atom. The van der Waals surface area contributed by atoms with Crippen LogP contribution in [-0.4, -0.2) is 20.8 Å². The lowest BCUT2D eigenvalue weighted by molar-refractivity contribution is 0.362. The van der Waals surface area contributed by atoms with Gasteiger partial charge in [-0.1, -0.05) is 41.4 Å². The van der Waals surface area contributed by atoms with Crippen LogP contribution in [0.5, 0.6) is 5.75 Å². The van der Waals surface area contributed by atoms with Crippen molar-refractivity contribution in [3.63, 3.8) is 0 Å². The summed E-state index contributed by atoms with van der Waals surface area (Å²) in [6.45, 7) is 2.34. The Hall–Kier alpha value is -1.78. The van der Waals surface area contributed by atoms with Crippen molar-refractivity contribution in [2.24, 2.45) is 0 Å². The molecule has 0 N–H and O–H groups in total. The zero-order valence-corrected chi connectivity index (χ0v) is 13.8. The van der Waals surface area contributed by atoms with E-state index in [0.717, 1.165) is 11.3 Å². The summed E-state index contributed by atoms with van der Waals surface area (Å²) in [5.41, 5.74) is 1.16. The first-order valence-corrected chi connectivity index (χ1v) is 8.83. The fourth-order valence-electron chi connectivity index (χ4n) is 1.78. The molecule has 0 spiro atoms. The second-order valence-corrected chi connectivity index (χ2v) is 7.30. The maximum absolute atomic E-state index is 12.1. The topological polar surface area (TPSA) is 43.4 Å². The summed E-state index contributed by atoms with van der Waals surface area (Å²) >= 11 is 5.75. The number of hydrogen-bond donors (Lipinski definition) is 0. The molecule has 0 aromatic heterocycles. The Kier molecular flexibility index (Phi) is 5.63. The van der Waals surface area contributed by atoms with Crippen LogP contribution in [0.1, 0.15) is 5.56 Å². The quantitative estimate of drug-likeness (QED) is 0.747.